The maximum absolute atomic E-state index is 12.3. The topological polar surface area (TPSA) is 136 Å². The van der Waals surface area contributed by atoms with Gasteiger partial charge in [-0.15, -0.1) is 0 Å². The van der Waals surface area contributed by atoms with E-state index in [0.29, 0.717) is 42.7 Å². The molecule has 0 aromatic heterocycles. The van der Waals surface area contributed by atoms with Crippen LogP contribution < -0.4 is 20.3 Å². The summed E-state index contributed by atoms with van der Waals surface area (Å²) < 4.78 is 12.0. The second-order valence-electron chi connectivity index (χ2n) is 8.64. The van der Waals surface area contributed by atoms with Crippen LogP contribution in [-0.4, -0.2) is 36.2 Å². The Balaban J connectivity index is 1.17. The van der Waals surface area contributed by atoms with Crippen LogP contribution in [0.25, 0.3) is 0 Å². The number of carbonyl (C=O) groups excluding carboxylic acids is 4. The fourth-order valence-electron chi connectivity index (χ4n) is 3.40. The van der Waals surface area contributed by atoms with Gasteiger partial charge in [0.15, 0.2) is 0 Å². The normalized spacial score (nSPS) is 10.8. The van der Waals surface area contributed by atoms with Crippen molar-refractivity contribution < 1.29 is 28.7 Å². The van der Waals surface area contributed by atoms with Gasteiger partial charge in [0.25, 0.3) is 0 Å². The first-order valence-electron chi connectivity index (χ1n) is 12.6. The number of esters is 2. The summed E-state index contributed by atoms with van der Waals surface area (Å²) in [5.74, 6) is -1.60. The highest BCUT2D eigenvalue weighted by molar-refractivity contribution is 9.10. The van der Waals surface area contributed by atoms with Crippen LogP contribution in [0.3, 0.4) is 0 Å². The van der Waals surface area contributed by atoms with E-state index in [1.54, 1.807) is 97.1 Å². The molecule has 43 heavy (non-hydrogen) atoms. The second-order valence-corrected chi connectivity index (χ2v) is 10.3. The first kappa shape index (κ1) is 31.0. The fraction of sp³-hybridized carbons (Fsp3) is 0.0323. The van der Waals surface area contributed by atoms with E-state index in [0.717, 1.165) is 0 Å². The molecule has 0 heterocycles. The Hall–Kier alpha value is -4.94. The lowest BCUT2D eigenvalue weighted by molar-refractivity contribution is -0.129. The third kappa shape index (κ3) is 9.55. The summed E-state index contributed by atoms with van der Waals surface area (Å²) in [6, 6.07) is 26.8. The van der Waals surface area contributed by atoms with Crippen molar-refractivity contribution in [3.05, 3.63) is 128 Å². The maximum Gasteiger partial charge on any atom is 0.344 e. The number of nitrogens with one attached hydrogen (secondary N) is 2. The SMILES string of the molecule is O=C(CC(=O)NN=Cc1ccc(OC(=O)c2ccccc2Br)cc1)NN=Cc1ccc(OC(=O)c2ccccc2Br)cc1. The lowest BCUT2D eigenvalue weighted by Crippen LogP contribution is -2.27. The molecule has 0 radical (unpaired) electrons. The van der Waals surface area contributed by atoms with Gasteiger partial charge < -0.3 is 9.47 Å². The van der Waals surface area contributed by atoms with Crippen molar-refractivity contribution >= 4 is 68.0 Å². The van der Waals surface area contributed by atoms with E-state index in [4.69, 9.17) is 9.47 Å². The molecule has 2 amide bonds. The largest absolute Gasteiger partial charge is 0.423 e. The summed E-state index contributed by atoms with van der Waals surface area (Å²) >= 11 is 6.63. The zero-order chi connectivity index (χ0) is 30.6. The van der Waals surface area contributed by atoms with Gasteiger partial charge in [-0.2, -0.15) is 10.2 Å². The molecule has 12 heteroatoms. The molecule has 216 valence electrons. The van der Waals surface area contributed by atoms with Gasteiger partial charge in [0.1, 0.15) is 17.9 Å². The monoisotopic (exact) mass is 704 g/mol. The van der Waals surface area contributed by atoms with Gasteiger partial charge in [-0.05, 0) is 116 Å². The number of hydrazone groups is 2. The predicted molar refractivity (Wildman–Crippen MR) is 167 cm³/mol. The average molecular weight is 706 g/mol. The zero-order valence-electron chi connectivity index (χ0n) is 22.2. The van der Waals surface area contributed by atoms with Crippen LogP contribution >= 0.6 is 31.9 Å². The molecule has 0 aliphatic heterocycles. The number of rotatable bonds is 10. The molecule has 4 aromatic rings. The fourth-order valence-corrected chi connectivity index (χ4v) is 4.30. The number of benzene rings is 4. The third-order valence-electron chi connectivity index (χ3n) is 5.50. The lowest BCUT2D eigenvalue weighted by Gasteiger charge is -2.06. The van der Waals surface area contributed by atoms with Crippen LogP contribution in [0.1, 0.15) is 38.3 Å². The van der Waals surface area contributed by atoms with Gasteiger partial charge in [-0.1, -0.05) is 24.3 Å². The van der Waals surface area contributed by atoms with E-state index in [2.05, 4.69) is 52.9 Å². The lowest BCUT2D eigenvalue weighted by atomic mass is 10.2. The van der Waals surface area contributed by atoms with Crippen LogP contribution in [0.4, 0.5) is 0 Å². The van der Waals surface area contributed by atoms with E-state index in [9.17, 15) is 19.2 Å². The molecule has 0 aliphatic rings. The number of hydrogen-bond acceptors (Lipinski definition) is 8. The average Bonchev–Trinajstić information content (AvgIpc) is 2.99. The molecule has 4 rings (SSSR count). The van der Waals surface area contributed by atoms with Crippen LogP contribution in [0, 0.1) is 0 Å². The highest BCUT2D eigenvalue weighted by atomic mass is 79.9. The molecule has 0 spiro atoms. The standard InChI is InChI=1S/C31H22Br2N4O6/c32-26-7-3-1-5-24(26)30(40)42-22-13-9-20(10-14-22)18-34-36-28(38)17-29(39)37-35-19-21-11-15-23(16-12-21)43-31(41)25-6-2-4-8-27(25)33/h1-16,18-19H,17H2,(H,36,38)(H,37,39). The van der Waals surface area contributed by atoms with Crippen LogP contribution in [0.5, 0.6) is 11.5 Å². The molecule has 0 atom stereocenters. The first-order chi connectivity index (χ1) is 20.8. The molecule has 10 nitrogen and oxygen atoms in total. The summed E-state index contributed by atoms with van der Waals surface area (Å²) in [4.78, 5) is 48.6. The van der Waals surface area contributed by atoms with E-state index in [1.165, 1.54) is 12.4 Å². The second kappa shape index (κ2) is 15.3. The van der Waals surface area contributed by atoms with Gasteiger partial charge >= 0.3 is 11.9 Å². The molecule has 0 unspecified atom stereocenters. The highest BCUT2D eigenvalue weighted by Gasteiger charge is 2.13. The minimum absolute atomic E-state index is 0.343. The summed E-state index contributed by atoms with van der Waals surface area (Å²) in [7, 11) is 0. The Kier molecular flexibility index (Phi) is 11.1. The first-order valence-corrected chi connectivity index (χ1v) is 14.1. The Morgan fingerprint density at radius 2 is 0.953 bits per heavy atom. The number of ether oxygens (including phenoxy) is 2. The van der Waals surface area contributed by atoms with Crippen molar-refractivity contribution in [2.45, 2.75) is 6.42 Å². The molecule has 2 N–H and O–H groups in total. The molecular formula is C31H22Br2N4O6. The van der Waals surface area contributed by atoms with Crippen molar-refractivity contribution in [1.29, 1.82) is 0 Å². The highest BCUT2D eigenvalue weighted by Crippen LogP contribution is 2.20. The van der Waals surface area contributed by atoms with Gasteiger partial charge in [0.2, 0.25) is 11.8 Å². The number of carbonyl (C=O) groups is 4. The number of halogens is 2. The molecule has 4 aromatic carbocycles. The number of amides is 2. The summed E-state index contributed by atoms with van der Waals surface area (Å²) in [6.07, 6.45) is 2.27. The van der Waals surface area contributed by atoms with E-state index < -0.39 is 30.2 Å². The minimum Gasteiger partial charge on any atom is -0.423 e. The van der Waals surface area contributed by atoms with E-state index in [1.807, 2.05) is 0 Å². The summed E-state index contributed by atoms with van der Waals surface area (Å²) in [6.45, 7) is 0. The third-order valence-corrected chi connectivity index (χ3v) is 6.88. The molecule has 0 aliphatic carbocycles. The van der Waals surface area contributed by atoms with E-state index >= 15 is 0 Å². The molecular weight excluding hydrogens is 684 g/mol. The smallest absolute Gasteiger partial charge is 0.344 e. The number of hydrogen-bond donors (Lipinski definition) is 2. The maximum atomic E-state index is 12.3. The minimum atomic E-state index is -0.640. The van der Waals surface area contributed by atoms with Crippen molar-refractivity contribution in [2.75, 3.05) is 0 Å². The summed E-state index contributed by atoms with van der Waals surface area (Å²) in [5.41, 5.74) is 6.59. The Morgan fingerprint density at radius 3 is 1.33 bits per heavy atom. The van der Waals surface area contributed by atoms with Gasteiger partial charge in [0.05, 0.1) is 23.6 Å². The molecule has 0 saturated heterocycles. The van der Waals surface area contributed by atoms with Gasteiger partial charge in [-0.3, -0.25) is 9.59 Å². The predicted octanol–water partition coefficient (Wildman–Crippen LogP) is 5.64. The number of nitrogens with zero attached hydrogens (tertiary/aromatic N) is 2. The van der Waals surface area contributed by atoms with Gasteiger partial charge in [-0.25, -0.2) is 20.4 Å². The van der Waals surface area contributed by atoms with Crippen molar-refractivity contribution in [1.82, 2.24) is 10.9 Å². The Labute approximate surface area is 263 Å². The van der Waals surface area contributed by atoms with Crippen molar-refractivity contribution in [2.24, 2.45) is 10.2 Å². The quantitative estimate of drug-likeness (QED) is 0.0721. The van der Waals surface area contributed by atoms with Crippen LogP contribution in [-0.2, 0) is 9.59 Å². The molecule has 0 bridgehead atoms. The van der Waals surface area contributed by atoms with Gasteiger partial charge in [0, 0.05) is 8.95 Å². The summed E-state index contributed by atoms with van der Waals surface area (Å²) in [5, 5.41) is 7.66. The van der Waals surface area contributed by atoms with Crippen LogP contribution in [0.15, 0.2) is 116 Å². The molecule has 0 fully saturated rings. The van der Waals surface area contributed by atoms with Crippen molar-refractivity contribution in [3.63, 3.8) is 0 Å². The van der Waals surface area contributed by atoms with Crippen LogP contribution in [0.2, 0.25) is 0 Å². The Morgan fingerprint density at radius 1 is 0.581 bits per heavy atom. The van der Waals surface area contributed by atoms with Crippen molar-refractivity contribution in [3.8, 4) is 11.5 Å². The zero-order valence-corrected chi connectivity index (χ0v) is 25.4. The molecule has 0 saturated carbocycles. The Bertz CT molecular complexity index is 1560. The van der Waals surface area contributed by atoms with E-state index in [-0.39, 0.29) is 0 Å².